The fourth-order valence-corrected chi connectivity index (χ4v) is 2.98. The Labute approximate surface area is 120 Å². The predicted molar refractivity (Wildman–Crippen MR) is 79.4 cm³/mol. The molecule has 4 heteroatoms. The molecule has 0 radical (unpaired) electrons. The zero-order valence-electron chi connectivity index (χ0n) is 12.3. The van der Waals surface area contributed by atoms with Gasteiger partial charge >= 0.3 is 0 Å². The van der Waals surface area contributed by atoms with Crippen molar-refractivity contribution in [1.29, 1.82) is 0 Å². The Hall–Kier alpha value is -1.39. The van der Waals surface area contributed by atoms with Gasteiger partial charge in [0.1, 0.15) is 6.04 Å². The molecular weight excluding hydrogens is 252 g/mol. The van der Waals surface area contributed by atoms with Crippen LogP contribution in [0.4, 0.5) is 0 Å². The molecule has 0 heterocycles. The van der Waals surface area contributed by atoms with E-state index >= 15 is 0 Å². The van der Waals surface area contributed by atoms with Gasteiger partial charge in [0, 0.05) is 13.7 Å². The molecule has 2 unspecified atom stereocenters. The average molecular weight is 276 g/mol. The van der Waals surface area contributed by atoms with E-state index in [-0.39, 0.29) is 18.6 Å². The molecule has 0 saturated heterocycles. The van der Waals surface area contributed by atoms with Crippen molar-refractivity contribution in [3.05, 3.63) is 35.4 Å². The van der Waals surface area contributed by atoms with Crippen molar-refractivity contribution < 1.29 is 9.53 Å². The second-order valence-corrected chi connectivity index (χ2v) is 5.35. The maximum absolute atomic E-state index is 12.5. The second-order valence-electron chi connectivity index (χ2n) is 5.35. The number of aryl methyl sites for hydroxylation is 1. The van der Waals surface area contributed by atoms with Crippen molar-refractivity contribution in [3.8, 4) is 0 Å². The summed E-state index contributed by atoms with van der Waals surface area (Å²) in [5.74, 6) is -0.00426. The number of hydrogen-bond donors (Lipinski definition) is 1. The predicted octanol–water partition coefficient (Wildman–Crippen LogP) is 1.89. The number of amides is 1. The third-order valence-corrected chi connectivity index (χ3v) is 3.89. The number of nitrogens with zero attached hydrogens (tertiary/aromatic N) is 1. The molecule has 1 aliphatic rings. The highest BCUT2D eigenvalue weighted by Gasteiger charge is 2.32. The van der Waals surface area contributed by atoms with Gasteiger partial charge in [-0.25, -0.2) is 0 Å². The lowest BCUT2D eigenvalue weighted by Gasteiger charge is -2.31. The summed E-state index contributed by atoms with van der Waals surface area (Å²) in [6, 6.07) is 7.98. The lowest BCUT2D eigenvalue weighted by molar-refractivity contribution is -0.136. The molecule has 0 saturated carbocycles. The van der Waals surface area contributed by atoms with Crippen LogP contribution in [-0.4, -0.2) is 37.1 Å². The Balaban J connectivity index is 2.20. The van der Waals surface area contributed by atoms with Crippen molar-refractivity contribution in [2.75, 3.05) is 20.3 Å². The minimum atomic E-state index is -0.570. The van der Waals surface area contributed by atoms with Gasteiger partial charge in [0.15, 0.2) is 0 Å². The Morgan fingerprint density at radius 1 is 1.50 bits per heavy atom. The summed E-state index contributed by atoms with van der Waals surface area (Å²) in [5, 5.41) is 0. The minimum Gasteiger partial charge on any atom is -0.383 e. The molecule has 110 valence electrons. The lowest BCUT2D eigenvalue weighted by Crippen LogP contribution is -2.47. The third-order valence-electron chi connectivity index (χ3n) is 3.89. The smallest absolute Gasteiger partial charge is 0.242 e. The van der Waals surface area contributed by atoms with Crippen LogP contribution in [0.3, 0.4) is 0 Å². The molecular formula is C16H24N2O2. The molecule has 1 aromatic carbocycles. The molecule has 2 N–H and O–H groups in total. The van der Waals surface area contributed by atoms with E-state index in [4.69, 9.17) is 10.5 Å². The minimum absolute atomic E-state index is 0.00426. The van der Waals surface area contributed by atoms with Crippen LogP contribution in [0.2, 0.25) is 0 Å². The Kier molecular flexibility index (Phi) is 5.15. The number of carbonyl (C=O) groups excluding carboxylic acids is 1. The fraction of sp³-hybridized carbons (Fsp3) is 0.562. The van der Waals surface area contributed by atoms with E-state index in [0.29, 0.717) is 0 Å². The third kappa shape index (κ3) is 3.02. The van der Waals surface area contributed by atoms with Crippen molar-refractivity contribution in [2.24, 2.45) is 5.73 Å². The number of fused-ring (bicyclic) bond motifs is 1. The first-order valence-corrected chi connectivity index (χ1v) is 7.31. The summed E-state index contributed by atoms with van der Waals surface area (Å²) >= 11 is 0. The van der Waals surface area contributed by atoms with Crippen LogP contribution in [0.1, 0.15) is 36.9 Å². The van der Waals surface area contributed by atoms with Crippen molar-refractivity contribution in [1.82, 2.24) is 4.90 Å². The highest BCUT2D eigenvalue weighted by atomic mass is 16.5. The molecule has 0 aliphatic heterocycles. The van der Waals surface area contributed by atoms with Crippen molar-refractivity contribution in [2.45, 2.75) is 38.3 Å². The first-order chi connectivity index (χ1) is 9.69. The number of nitrogens with two attached hydrogens (primary N) is 1. The molecule has 0 bridgehead atoms. The second kappa shape index (κ2) is 6.86. The van der Waals surface area contributed by atoms with Gasteiger partial charge in [-0.1, -0.05) is 31.2 Å². The Bertz CT molecular complexity index is 462. The summed E-state index contributed by atoms with van der Waals surface area (Å²) in [6.45, 7) is 3.10. The maximum atomic E-state index is 12.5. The van der Waals surface area contributed by atoms with Gasteiger partial charge in [0.25, 0.3) is 0 Å². The van der Waals surface area contributed by atoms with E-state index in [1.54, 1.807) is 7.11 Å². The van der Waals surface area contributed by atoms with Gasteiger partial charge in [-0.15, -0.1) is 0 Å². The maximum Gasteiger partial charge on any atom is 0.242 e. The monoisotopic (exact) mass is 276 g/mol. The van der Waals surface area contributed by atoms with Crippen LogP contribution in [0.25, 0.3) is 0 Å². The molecule has 4 nitrogen and oxygen atoms in total. The van der Waals surface area contributed by atoms with Crippen LogP contribution in [-0.2, 0) is 16.0 Å². The largest absolute Gasteiger partial charge is 0.383 e. The SMILES string of the molecule is CCCN(C(=O)C(N)COC)C1CCc2ccccc21. The van der Waals surface area contributed by atoms with E-state index in [0.717, 1.165) is 25.8 Å². The highest BCUT2D eigenvalue weighted by molar-refractivity contribution is 5.82. The summed E-state index contributed by atoms with van der Waals surface area (Å²) in [7, 11) is 1.57. The standard InChI is InChI=1S/C16H24N2O2/c1-3-10-18(16(19)14(17)11-20-2)15-9-8-12-6-4-5-7-13(12)15/h4-7,14-15H,3,8-11,17H2,1-2H3. The van der Waals surface area contributed by atoms with E-state index in [9.17, 15) is 4.79 Å². The molecule has 1 amide bonds. The van der Waals surface area contributed by atoms with Gasteiger partial charge in [0.05, 0.1) is 12.6 Å². The molecule has 0 aromatic heterocycles. The highest BCUT2D eigenvalue weighted by Crippen LogP contribution is 2.35. The van der Waals surface area contributed by atoms with E-state index < -0.39 is 6.04 Å². The lowest BCUT2D eigenvalue weighted by atomic mass is 10.1. The van der Waals surface area contributed by atoms with Crippen LogP contribution in [0.5, 0.6) is 0 Å². The van der Waals surface area contributed by atoms with E-state index in [1.165, 1.54) is 11.1 Å². The molecule has 2 atom stereocenters. The van der Waals surface area contributed by atoms with Gasteiger partial charge in [-0.05, 0) is 30.4 Å². The van der Waals surface area contributed by atoms with Crippen LogP contribution >= 0.6 is 0 Å². The summed E-state index contributed by atoms with van der Waals surface area (Å²) < 4.78 is 5.01. The fourth-order valence-electron chi connectivity index (χ4n) is 2.98. The van der Waals surface area contributed by atoms with Gasteiger partial charge in [0.2, 0.25) is 5.91 Å². The molecule has 0 spiro atoms. The number of ether oxygens (including phenoxy) is 1. The Morgan fingerprint density at radius 2 is 2.25 bits per heavy atom. The molecule has 1 aromatic rings. The number of carbonyl (C=O) groups is 1. The van der Waals surface area contributed by atoms with E-state index in [2.05, 4.69) is 25.1 Å². The van der Waals surface area contributed by atoms with Gasteiger partial charge in [-0.2, -0.15) is 0 Å². The normalized spacial score (nSPS) is 18.6. The molecule has 0 fully saturated rings. The van der Waals surface area contributed by atoms with Crippen LogP contribution in [0, 0.1) is 0 Å². The van der Waals surface area contributed by atoms with E-state index in [1.807, 2.05) is 11.0 Å². The zero-order chi connectivity index (χ0) is 14.5. The Morgan fingerprint density at radius 3 is 2.95 bits per heavy atom. The number of hydrogen-bond acceptors (Lipinski definition) is 3. The van der Waals surface area contributed by atoms with Crippen molar-refractivity contribution in [3.63, 3.8) is 0 Å². The number of rotatable bonds is 6. The molecule has 1 aliphatic carbocycles. The first kappa shape index (κ1) is 15.0. The first-order valence-electron chi connectivity index (χ1n) is 7.31. The van der Waals surface area contributed by atoms with Crippen molar-refractivity contribution >= 4 is 5.91 Å². The van der Waals surface area contributed by atoms with Gasteiger partial charge < -0.3 is 15.4 Å². The number of methoxy groups -OCH3 is 1. The molecule has 20 heavy (non-hydrogen) atoms. The summed E-state index contributed by atoms with van der Waals surface area (Å²) in [4.78, 5) is 14.5. The summed E-state index contributed by atoms with van der Waals surface area (Å²) in [5.41, 5.74) is 8.56. The summed E-state index contributed by atoms with van der Waals surface area (Å²) in [6.07, 6.45) is 2.96. The van der Waals surface area contributed by atoms with Crippen LogP contribution in [0.15, 0.2) is 24.3 Å². The topological polar surface area (TPSA) is 55.6 Å². The number of benzene rings is 1. The average Bonchev–Trinajstić information content (AvgIpc) is 2.88. The van der Waals surface area contributed by atoms with Crippen LogP contribution < -0.4 is 5.73 Å². The quantitative estimate of drug-likeness (QED) is 0.863. The zero-order valence-corrected chi connectivity index (χ0v) is 12.3. The van der Waals surface area contributed by atoms with Gasteiger partial charge in [-0.3, -0.25) is 4.79 Å². The molecule has 2 rings (SSSR count).